The van der Waals surface area contributed by atoms with Crippen LogP contribution in [0.5, 0.6) is 0 Å². The molecule has 2 rings (SSSR count). The molecule has 7 nitrogen and oxygen atoms in total. The number of sulfonamides is 1. The van der Waals surface area contributed by atoms with E-state index in [0.717, 1.165) is 21.7 Å². The lowest BCUT2D eigenvalue weighted by molar-refractivity contribution is -0.140. The lowest BCUT2D eigenvalue weighted by Crippen LogP contribution is -2.54. The summed E-state index contributed by atoms with van der Waals surface area (Å²) in [6.45, 7) is 10.6. The molecule has 186 valence electrons. The number of aryl methyl sites for hydroxylation is 2. The predicted octanol–water partition coefficient (Wildman–Crippen LogP) is 4.05. The zero-order valence-electron chi connectivity index (χ0n) is 20.8. The third-order valence-corrected chi connectivity index (χ3v) is 6.74. The van der Waals surface area contributed by atoms with Crippen LogP contribution in [0.1, 0.15) is 44.4 Å². The highest BCUT2D eigenvalue weighted by Gasteiger charge is 2.32. The molecule has 0 aliphatic rings. The zero-order valence-corrected chi connectivity index (χ0v) is 22.4. The second kappa shape index (κ2) is 10.8. The first-order valence-electron chi connectivity index (χ1n) is 11.0. The summed E-state index contributed by atoms with van der Waals surface area (Å²) in [6.07, 6.45) is 1.05. The first-order valence-corrected chi connectivity index (χ1v) is 13.2. The molecule has 0 aliphatic carbocycles. The topological polar surface area (TPSA) is 86.8 Å². The molecule has 1 atom stereocenters. The summed E-state index contributed by atoms with van der Waals surface area (Å²) in [6, 6.07) is 11.6. The van der Waals surface area contributed by atoms with Crippen LogP contribution in [0.25, 0.3) is 0 Å². The Kier molecular flexibility index (Phi) is 8.77. The van der Waals surface area contributed by atoms with Gasteiger partial charge in [-0.25, -0.2) is 8.42 Å². The van der Waals surface area contributed by atoms with Gasteiger partial charge in [-0.2, -0.15) is 0 Å². The van der Waals surface area contributed by atoms with Crippen molar-refractivity contribution < 1.29 is 18.0 Å². The first kappa shape index (κ1) is 27.7. The molecule has 9 heteroatoms. The van der Waals surface area contributed by atoms with E-state index in [1.54, 1.807) is 32.0 Å². The normalized spacial score (nSPS) is 12.7. The molecule has 0 aromatic heterocycles. The smallest absolute Gasteiger partial charge is 0.244 e. The van der Waals surface area contributed by atoms with Crippen LogP contribution < -0.4 is 9.62 Å². The van der Waals surface area contributed by atoms with Gasteiger partial charge in [0.25, 0.3) is 0 Å². The Morgan fingerprint density at radius 3 is 2.21 bits per heavy atom. The number of benzene rings is 2. The van der Waals surface area contributed by atoms with Gasteiger partial charge in [-0.15, -0.1) is 0 Å². The molecule has 0 spiro atoms. The molecular formula is C25H34ClN3O4S. The van der Waals surface area contributed by atoms with E-state index in [9.17, 15) is 18.0 Å². The number of nitrogens with one attached hydrogen (secondary N) is 1. The standard InChI is InChI=1S/C25H34ClN3O4S/c1-17-10-8-9-11-20(17)15-28(19(3)24(31)27-25(4,5)6)23(30)16-29(34(7,32)33)22-13-12-21(26)14-18(22)2/h8-14,19H,15-16H2,1-7H3,(H,27,31)/t19-/m0/s1. The molecule has 0 fully saturated rings. The summed E-state index contributed by atoms with van der Waals surface area (Å²) >= 11 is 6.04. The minimum absolute atomic E-state index is 0.168. The van der Waals surface area contributed by atoms with Crippen LogP contribution >= 0.6 is 11.6 Å². The van der Waals surface area contributed by atoms with Crippen LogP contribution in [0.2, 0.25) is 5.02 Å². The lowest BCUT2D eigenvalue weighted by atomic mass is 10.1. The van der Waals surface area contributed by atoms with Crippen molar-refractivity contribution in [3.8, 4) is 0 Å². The maximum atomic E-state index is 13.6. The number of anilines is 1. The fraction of sp³-hybridized carbons (Fsp3) is 0.440. The van der Waals surface area contributed by atoms with E-state index in [0.29, 0.717) is 16.3 Å². The van der Waals surface area contributed by atoms with Gasteiger partial charge in [-0.05, 0) is 76.4 Å². The van der Waals surface area contributed by atoms with Gasteiger partial charge >= 0.3 is 0 Å². The van der Waals surface area contributed by atoms with Gasteiger partial charge in [0.05, 0.1) is 11.9 Å². The average molecular weight is 508 g/mol. The van der Waals surface area contributed by atoms with Gasteiger partial charge in [0.2, 0.25) is 21.8 Å². The Labute approximate surface area is 208 Å². The van der Waals surface area contributed by atoms with E-state index in [1.807, 2.05) is 52.0 Å². The molecule has 1 N–H and O–H groups in total. The highest BCUT2D eigenvalue weighted by Crippen LogP contribution is 2.26. The van der Waals surface area contributed by atoms with Crippen molar-refractivity contribution in [2.45, 2.75) is 59.7 Å². The maximum absolute atomic E-state index is 13.6. The minimum atomic E-state index is -3.80. The average Bonchev–Trinajstić information content (AvgIpc) is 2.69. The molecule has 2 aromatic rings. The van der Waals surface area contributed by atoms with Crippen LogP contribution in [0.3, 0.4) is 0 Å². The fourth-order valence-electron chi connectivity index (χ4n) is 3.52. The van der Waals surface area contributed by atoms with E-state index >= 15 is 0 Å². The van der Waals surface area contributed by atoms with E-state index < -0.39 is 34.1 Å². The Morgan fingerprint density at radius 1 is 1.06 bits per heavy atom. The van der Waals surface area contributed by atoms with Crippen molar-refractivity contribution in [2.75, 3.05) is 17.1 Å². The van der Waals surface area contributed by atoms with Crippen molar-refractivity contribution in [3.63, 3.8) is 0 Å². The number of rotatable bonds is 8. The maximum Gasteiger partial charge on any atom is 0.244 e. The van der Waals surface area contributed by atoms with Crippen LogP contribution in [-0.4, -0.2) is 49.5 Å². The number of carbonyl (C=O) groups excluding carboxylic acids is 2. The third kappa shape index (κ3) is 7.46. The Balaban J connectivity index is 2.45. The molecule has 0 saturated heterocycles. The fourth-order valence-corrected chi connectivity index (χ4v) is 4.65. The number of halogens is 1. The van der Waals surface area contributed by atoms with Gasteiger partial charge in [0.1, 0.15) is 12.6 Å². The monoisotopic (exact) mass is 507 g/mol. The summed E-state index contributed by atoms with van der Waals surface area (Å²) in [5.41, 5.74) is 2.34. The van der Waals surface area contributed by atoms with Gasteiger partial charge in [-0.3, -0.25) is 13.9 Å². The highest BCUT2D eigenvalue weighted by atomic mass is 35.5. The number of carbonyl (C=O) groups is 2. The summed E-state index contributed by atoms with van der Waals surface area (Å²) in [7, 11) is -3.80. The van der Waals surface area contributed by atoms with Crippen molar-refractivity contribution in [1.29, 1.82) is 0 Å². The number of nitrogens with zero attached hydrogens (tertiary/aromatic N) is 2. The molecule has 0 radical (unpaired) electrons. The van der Waals surface area contributed by atoms with Crippen LogP contribution in [0, 0.1) is 13.8 Å². The van der Waals surface area contributed by atoms with E-state index in [4.69, 9.17) is 11.6 Å². The molecule has 0 unspecified atom stereocenters. The Bertz CT molecular complexity index is 1160. The second-order valence-corrected chi connectivity index (χ2v) is 11.9. The highest BCUT2D eigenvalue weighted by molar-refractivity contribution is 7.92. The lowest BCUT2D eigenvalue weighted by Gasteiger charge is -2.33. The van der Waals surface area contributed by atoms with Gasteiger partial charge in [0.15, 0.2) is 0 Å². The Hall–Kier alpha value is -2.58. The molecule has 0 aliphatic heterocycles. The number of hydrogen-bond donors (Lipinski definition) is 1. The zero-order chi connectivity index (χ0) is 25.8. The molecule has 34 heavy (non-hydrogen) atoms. The third-order valence-electron chi connectivity index (χ3n) is 5.37. The summed E-state index contributed by atoms with van der Waals surface area (Å²) in [4.78, 5) is 28.0. The van der Waals surface area contributed by atoms with Gasteiger partial charge in [-0.1, -0.05) is 35.9 Å². The molecule has 0 heterocycles. The van der Waals surface area contributed by atoms with Crippen molar-refractivity contribution in [2.24, 2.45) is 0 Å². The number of amides is 2. The summed E-state index contributed by atoms with van der Waals surface area (Å²) in [5, 5.41) is 3.37. The van der Waals surface area contributed by atoms with Crippen LogP contribution in [0.4, 0.5) is 5.69 Å². The molecule has 2 aromatic carbocycles. The van der Waals surface area contributed by atoms with Crippen molar-refractivity contribution in [1.82, 2.24) is 10.2 Å². The summed E-state index contributed by atoms with van der Waals surface area (Å²) < 4.78 is 26.4. The molecule has 0 bridgehead atoms. The van der Waals surface area contributed by atoms with E-state index in [1.165, 1.54) is 4.90 Å². The SMILES string of the molecule is Cc1ccccc1CN(C(=O)CN(c1ccc(Cl)cc1C)S(C)(=O)=O)[C@@H](C)C(=O)NC(C)(C)C. The van der Waals surface area contributed by atoms with Crippen LogP contribution in [-0.2, 0) is 26.2 Å². The van der Waals surface area contributed by atoms with Crippen molar-refractivity contribution >= 4 is 39.1 Å². The quantitative estimate of drug-likeness (QED) is 0.583. The van der Waals surface area contributed by atoms with Gasteiger partial charge < -0.3 is 10.2 Å². The molecular weight excluding hydrogens is 474 g/mol. The summed E-state index contributed by atoms with van der Waals surface area (Å²) in [5.74, 6) is -0.803. The van der Waals surface area contributed by atoms with Crippen molar-refractivity contribution in [3.05, 3.63) is 64.2 Å². The minimum Gasteiger partial charge on any atom is -0.350 e. The number of hydrogen-bond acceptors (Lipinski definition) is 4. The largest absolute Gasteiger partial charge is 0.350 e. The second-order valence-electron chi connectivity index (χ2n) is 9.56. The predicted molar refractivity (Wildman–Crippen MR) is 137 cm³/mol. The van der Waals surface area contributed by atoms with E-state index in [-0.39, 0.29) is 12.5 Å². The van der Waals surface area contributed by atoms with E-state index in [2.05, 4.69) is 5.32 Å². The first-order chi connectivity index (χ1) is 15.6. The van der Waals surface area contributed by atoms with Crippen LogP contribution in [0.15, 0.2) is 42.5 Å². The molecule has 2 amide bonds. The molecule has 0 saturated carbocycles. The Morgan fingerprint density at radius 2 is 1.68 bits per heavy atom. The van der Waals surface area contributed by atoms with Gasteiger partial charge in [0, 0.05) is 17.1 Å².